The van der Waals surface area contributed by atoms with E-state index in [1.54, 1.807) is 0 Å². The van der Waals surface area contributed by atoms with Crippen LogP contribution in [0.1, 0.15) is 29.5 Å². The average molecular weight is 238 g/mol. The van der Waals surface area contributed by atoms with Crippen LogP contribution in [0.2, 0.25) is 0 Å². The van der Waals surface area contributed by atoms with Crippen molar-refractivity contribution in [3.8, 4) is 0 Å². The zero-order valence-electron chi connectivity index (χ0n) is 11.4. The Morgan fingerprint density at radius 1 is 0.944 bits per heavy atom. The molecule has 0 aliphatic carbocycles. The molecule has 0 aliphatic heterocycles. The van der Waals surface area contributed by atoms with Crippen LogP contribution in [0.15, 0.2) is 67.8 Å². The highest BCUT2D eigenvalue weighted by molar-refractivity contribution is 5.26. The fourth-order valence-corrected chi connectivity index (χ4v) is 2.09. The second-order valence-corrected chi connectivity index (χ2v) is 4.50. The van der Waals surface area contributed by atoms with Crippen LogP contribution in [0.25, 0.3) is 0 Å². The van der Waals surface area contributed by atoms with Crippen molar-refractivity contribution < 1.29 is 0 Å². The molecule has 0 bridgehead atoms. The van der Waals surface area contributed by atoms with Crippen LogP contribution >= 0.6 is 0 Å². The van der Waals surface area contributed by atoms with E-state index in [-0.39, 0.29) is 0 Å². The lowest BCUT2D eigenvalue weighted by molar-refractivity contribution is 0.759. The highest BCUT2D eigenvalue weighted by atomic mass is 14.1. The molecule has 0 fully saturated rings. The molecular weight excluding hydrogens is 216 g/mol. The van der Waals surface area contributed by atoms with Gasteiger partial charge >= 0.3 is 0 Å². The molecule has 2 aromatic carbocycles. The van der Waals surface area contributed by atoms with Crippen LogP contribution < -0.4 is 0 Å². The third-order valence-corrected chi connectivity index (χ3v) is 2.99. The van der Waals surface area contributed by atoms with Crippen LogP contribution in [0, 0.1) is 6.92 Å². The molecule has 0 aromatic heterocycles. The normalized spacial score (nSPS) is 11.2. The van der Waals surface area contributed by atoms with Crippen LogP contribution in [0.5, 0.6) is 0 Å². The van der Waals surface area contributed by atoms with Gasteiger partial charge in [0.05, 0.1) is 0 Å². The maximum atomic E-state index is 3.00. The molecule has 0 aliphatic rings. The van der Waals surface area contributed by atoms with Crippen molar-refractivity contribution in [1.82, 2.24) is 0 Å². The summed E-state index contributed by atoms with van der Waals surface area (Å²) in [5.41, 5.74) is 4.19. The van der Waals surface area contributed by atoms with Crippen molar-refractivity contribution in [2.45, 2.75) is 26.2 Å². The van der Waals surface area contributed by atoms with E-state index in [0.29, 0.717) is 5.92 Å². The molecule has 2 rings (SSSR count). The fourth-order valence-electron chi connectivity index (χ4n) is 2.09. The summed E-state index contributed by atoms with van der Waals surface area (Å²) in [6.45, 7) is 10.4. The first-order valence-electron chi connectivity index (χ1n) is 6.36. The minimum absolute atomic E-state index is 0.586. The van der Waals surface area contributed by atoms with Crippen molar-refractivity contribution in [2.24, 2.45) is 0 Å². The molecule has 0 radical (unpaired) electrons. The van der Waals surface area contributed by atoms with Crippen molar-refractivity contribution in [1.29, 1.82) is 0 Å². The quantitative estimate of drug-likeness (QED) is 0.649. The van der Waals surface area contributed by atoms with Gasteiger partial charge in [-0.1, -0.05) is 67.1 Å². The molecule has 0 N–H and O–H groups in total. The average Bonchev–Trinajstić information content (AvgIpc) is 2.42. The number of hydrogen-bond donors (Lipinski definition) is 0. The van der Waals surface area contributed by atoms with Crippen molar-refractivity contribution in [3.63, 3.8) is 0 Å². The van der Waals surface area contributed by atoms with Gasteiger partial charge in [0.1, 0.15) is 0 Å². The summed E-state index contributed by atoms with van der Waals surface area (Å²) in [7, 11) is 0. The first-order chi connectivity index (χ1) is 8.75. The summed E-state index contributed by atoms with van der Waals surface area (Å²) < 4.78 is 0. The Hall–Kier alpha value is -1.82. The van der Waals surface area contributed by atoms with Gasteiger partial charge in [-0.3, -0.25) is 0 Å². The topological polar surface area (TPSA) is 0 Å². The van der Waals surface area contributed by atoms with Gasteiger partial charge in [-0.15, -0.1) is 13.2 Å². The van der Waals surface area contributed by atoms with E-state index in [1.807, 2.05) is 0 Å². The zero-order valence-corrected chi connectivity index (χ0v) is 11.4. The van der Waals surface area contributed by atoms with Gasteiger partial charge in [-0.05, 0) is 30.4 Å². The Labute approximate surface area is 111 Å². The highest BCUT2D eigenvalue weighted by Crippen LogP contribution is 2.20. The Morgan fingerprint density at radius 3 is 2.22 bits per heavy atom. The van der Waals surface area contributed by atoms with E-state index < -0.39 is 0 Å². The van der Waals surface area contributed by atoms with Gasteiger partial charge in [-0.2, -0.15) is 0 Å². The summed E-state index contributed by atoms with van der Waals surface area (Å²) in [6.07, 6.45) is 1.12. The lowest BCUT2D eigenvalue weighted by Crippen LogP contribution is -1.98. The molecule has 0 spiro atoms. The highest BCUT2D eigenvalue weighted by Gasteiger charge is 2.05. The van der Waals surface area contributed by atoms with Gasteiger partial charge in [0.25, 0.3) is 0 Å². The Kier molecular flexibility index (Phi) is 5.93. The predicted octanol–water partition coefficient (Wildman–Crippen LogP) is 5.14. The third kappa shape index (κ3) is 4.21. The first-order valence-corrected chi connectivity index (χ1v) is 6.36. The molecule has 1 unspecified atom stereocenters. The minimum atomic E-state index is 0.586. The summed E-state index contributed by atoms with van der Waals surface area (Å²) in [5.74, 6) is 0.586. The van der Waals surface area contributed by atoms with Crippen LogP contribution in [-0.4, -0.2) is 0 Å². The molecule has 2 aromatic rings. The van der Waals surface area contributed by atoms with E-state index >= 15 is 0 Å². The van der Waals surface area contributed by atoms with Gasteiger partial charge in [-0.25, -0.2) is 0 Å². The standard InChI is InChI=1S/C16H18.C2H4/c1-13-7-6-8-15(11-13)12-14(2)16-9-4-3-5-10-16;1-2/h3-11,14H,12H2,1-2H3;1-2H2. The Balaban J connectivity index is 0.000000771. The van der Waals surface area contributed by atoms with Gasteiger partial charge in [0.15, 0.2) is 0 Å². The maximum Gasteiger partial charge on any atom is -0.0150 e. The maximum absolute atomic E-state index is 3.00. The van der Waals surface area contributed by atoms with Crippen molar-refractivity contribution >= 4 is 0 Å². The van der Waals surface area contributed by atoms with Gasteiger partial charge < -0.3 is 0 Å². The molecule has 0 saturated carbocycles. The lowest BCUT2D eigenvalue weighted by atomic mass is 9.93. The number of hydrogen-bond acceptors (Lipinski definition) is 0. The van der Waals surface area contributed by atoms with Crippen molar-refractivity contribution in [3.05, 3.63) is 84.4 Å². The van der Waals surface area contributed by atoms with Gasteiger partial charge in [0, 0.05) is 0 Å². The minimum Gasteiger partial charge on any atom is -0.106 e. The molecule has 0 heterocycles. The molecule has 0 nitrogen and oxygen atoms in total. The van der Waals surface area contributed by atoms with Gasteiger partial charge in [0.2, 0.25) is 0 Å². The number of rotatable bonds is 3. The van der Waals surface area contributed by atoms with E-state index in [1.165, 1.54) is 16.7 Å². The van der Waals surface area contributed by atoms with E-state index in [2.05, 4.69) is 81.6 Å². The van der Waals surface area contributed by atoms with Crippen molar-refractivity contribution in [2.75, 3.05) is 0 Å². The fraction of sp³-hybridized carbons (Fsp3) is 0.222. The SMILES string of the molecule is C=C.Cc1cccc(CC(C)c2ccccc2)c1. The first kappa shape index (κ1) is 14.2. The monoisotopic (exact) mass is 238 g/mol. The van der Waals surface area contributed by atoms with Crippen LogP contribution in [0.4, 0.5) is 0 Å². The molecule has 1 atom stereocenters. The second kappa shape index (κ2) is 7.50. The smallest absolute Gasteiger partial charge is 0.0150 e. The summed E-state index contributed by atoms with van der Waals surface area (Å²) >= 11 is 0. The third-order valence-electron chi connectivity index (χ3n) is 2.99. The second-order valence-electron chi connectivity index (χ2n) is 4.50. The van der Waals surface area contributed by atoms with E-state index in [0.717, 1.165) is 6.42 Å². The largest absolute Gasteiger partial charge is 0.106 e. The molecule has 0 saturated heterocycles. The van der Waals surface area contributed by atoms with E-state index in [4.69, 9.17) is 0 Å². The molecule has 0 heteroatoms. The Morgan fingerprint density at radius 2 is 1.61 bits per heavy atom. The molecule has 0 amide bonds. The summed E-state index contributed by atoms with van der Waals surface area (Å²) in [4.78, 5) is 0. The van der Waals surface area contributed by atoms with Crippen LogP contribution in [0.3, 0.4) is 0 Å². The molecule has 94 valence electrons. The van der Waals surface area contributed by atoms with E-state index in [9.17, 15) is 0 Å². The van der Waals surface area contributed by atoms with Crippen LogP contribution in [-0.2, 0) is 6.42 Å². The number of aryl methyl sites for hydroxylation is 1. The lowest BCUT2D eigenvalue weighted by Gasteiger charge is -2.12. The summed E-state index contributed by atoms with van der Waals surface area (Å²) in [5, 5.41) is 0. The molecule has 18 heavy (non-hydrogen) atoms. The number of benzene rings is 2. The predicted molar refractivity (Wildman–Crippen MR) is 81.0 cm³/mol. The zero-order chi connectivity index (χ0) is 13.4. The summed E-state index contributed by atoms with van der Waals surface area (Å²) in [6, 6.07) is 19.5. The Bertz CT molecular complexity index is 456. The molecular formula is C18H22.